The third-order valence-electron chi connectivity index (χ3n) is 4.09. The van der Waals surface area contributed by atoms with Gasteiger partial charge in [0.25, 0.3) is 0 Å². The lowest BCUT2D eigenvalue weighted by Crippen LogP contribution is -2.31. The van der Waals surface area contributed by atoms with Gasteiger partial charge in [0.15, 0.2) is 18.1 Å². The number of nitrogens with one attached hydrogen (secondary N) is 1. The lowest BCUT2D eigenvalue weighted by atomic mass is 10.0. The van der Waals surface area contributed by atoms with Crippen LogP contribution in [0.15, 0.2) is 35.7 Å². The number of thiophene rings is 1. The van der Waals surface area contributed by atoms with E-state index in [0.717, 1.165) is 10.4 Å². The predicted octanol–water partition coefficient (Wildman–Crippen LogP) is 5.14. The monoisotopic (exact) mass is 415 g/mol. The molecule has 2 aromatic rings. The van der Waals surface area contributed by atoms with Crippen molar-refractivity contribution in [2.75, 3.05) is 13.7 Å². The van der Waals surface area contributed by atoms with E-state index in [0.29, 0.717) is 6.42 Å². The highest BCUT2D eigenvalue weighted by Gasteiger charge is 2.29. The van der Waals surface area contributed by atoms with E-state index in [-0.39, 0.29) is 35.8 Å². The highest BCUT2D eigenvalue weighted by atomic mass is 32.1. The molecule has 0 fully saturated rings. The first-order chi connectivity index (χ1) is 13.2. The molecule has 0 aliphatic heterocycles. The van der Waals surface area contributed by atoms with Crippen molar-refractivity contribution in [3.05, 3.63) is 46.2 Å². The van der Waals surface area contributed by atoms with Crippen molar-refractivity contribution in [2.24, 2.45) is 5.92 Å². The van der Waals surface area contributed by atoms with Crippen LogP contribution in [-0.4, -0.2) is 25.8 Å². The molecule has 0 saturated carbocycles. The number of rotatable bonds is 9. The zero-order chi connectivity index (χ0) is 20.7. The summed E-state index contributed by atoms with van der Waals surface area (Å²) in [6.07, 6.45) is -3.71. The summed E-state index contributed by atoms with van der Waals surface area (Å²) in [5, 5.41) is 5.03. The molecule has 28 heavy (non-hydrogen) atoms. The number of amides is 1. The van der Waals surface area contributed by atoms with Gasteiger partial charge in [0.1, 0.15) is 0 Å². The van der Waals surface area contributed by atoms with E-state index >= 15 is 0 Å². The SMILES string of the molecule is COc1cc(CCC(=O)NC(c2cccs2)C(C)C)ccc1OCC(F)(F)F. The lowest BCUT2D eigenvalue weighted by molar-refractivity contribution is -0.153. The van der Waals surface area contributed by atoms with E-state index in [4.69, 9.17) is 9.47 Å². The summed E-state index contributed by atoms with van der Waals surface area (Å²) < 4.78 is 46.8. The van der Waals surface area contributed by atoms with Crippen molar-refractivity contribution < 1.29 is 27.4 Å². The highest BCUT2D eigenvalue weighted by Crippen LogP contribution is 2.30. The van der Waals surface area contributed by atoms with E-state index in [1.165, 1.54) is 13.2 Å². The minimum atomic E-state index is -4.42. The van der Waals surface area contributed by atoms with Crippen LogP contribution in [0.4, 0.5) is 13.2 Å². The topological polar surface area (TPSA) is 47.6 Å². The maximum absolute atomic E-state index is 12.4. The molecule has 0 aliphatic carbocycles. The number of carbonyl (C=O) groups is 1. The van der Waals surface area contributed by atoms with Crippen LogP contribution in [-0.2, 0) is 11.2 Å². The molecule has 4 nitrogen and oxygen atoms in total. The molecule has 2 rings (SSSR count). The number of hydrogen-bond donors (Lipinski definition) is 1. The lowest BCUT2D eigenvalue weighted by Gasteiger charge is -2.21. The predicted molar refractivity (Wildman–Crippen MR) is 103 cm³/mol. The Morgan fingerprint density at radius 1 is 1.21 bits per heavy atom. The molecular formula is C20H24F3NO3S. The van der Waals surface area contributed by atoms with Gasteiger partial charge in [-0.3, -0.25) is 4.79 Å². The summed E-state index contributed by atoms with van der Waals surface area (Å²) in [6, 6.07) is 8.58. The van der Waals surface area contributed by atoms with Crippen molar-refractivity contribution in [3.63, 3.8) is 0 Å². The Kier molecular flexibility index (Phi) is 7.74. The van der Waals surface area contributed by atoms with Crippen LogP contribution in [0.25, 0.3) is 0 Å². The molecule has 1 atom stereocenters. The van der Waals surface area contributed by atoms with Crippen LogP contribution in [0.5, 0.6) is 11.5 Å². The molecule has 0 saturated heterocycles. The molecule has 8 heteroatoms. The molecule has 0 aliphatic rings. The fourth-order valence-corrected chi connectivity index (χ4v) is 3.63. The summed E-state index contributed by atoms with van der Waals surface area (Å²) in [5.74, 6) is 0.405. The summed E-state index contributed by atoms with van der Waals surface area (Å²) in [5.41, 5.74) is 0.781. The van der Waals surface area contributed by atoms with Gasteiger partial charge in [-0.1, -0.05) is 26.0 Å². The average molecular weight is 415 g/mol. The van der Waals surface area contributed by atoms with Gasteiger partial charge in [-0.05, 0) is 41.5 Å². The van der Waals surface area contributed by atoms with E-state index in [1.54, 1.807) is 23.5 Å². The second-order valence-corrected chi connectivity index (χ2v) is 7.67. The number of aryl methyl sites for hydroxylation is 1. The van der Waals surface area contributed by atoms with Crippen LogP contribution < -0.4 is 14.8 Å². The Balaban J connectivity index is 1.95. The van der Waals surface area contributed by atoms with Crippen LogP contribution in [0.3, 0.4) is 0 Å². The molecule has 1 aromatic carbocycles. The smallest absolute Gasteiger partial charge is 0.422 e. The quantitative estimate of drug-likeness (QED) is 0.617. The Labute approximate surface area is 166 Å². The first-order valence-electron chi connectivity index (χ1n) is 8.89. The normalized spacial score (nSPS) is 12.7. The third kappa shape index (κ3) is 6.74. The molecule has 1 amide bonds. The fraction of sp³-hybridized carbons (Fsp3) is 0.450. The van der Waals surface area contributed by atoms with E-state index in [9.17, 15) is 18.0 Å². The zero-order valence-electron chi connectivity index (χ0n) is 16.0. The number of hydrogen-bond acceptors (Lipinski definition) is 4. The number of methoxy groups -OCH3 is 1. The minimum absolute atomic E-state index is 0.0191. The third-order valence-corrected chi connectivity index (χ3v) is 5.05. The first-order valence-corrected chi connectivity index (χ1v) is 9.77. The van der Waals surface area contributed by atoms with Gasteiger partial charge in [0, 0.05) is 11.3 Å². The molecule has 1 unspecified atom stereocenters. The van der Waals surface area contributed by atoms with Crippen LogP contribution in [0.1, 0.15) is 36.8 Å². The zero-order valence-corrected chi connectivity index (χ0v) is 16.8. The molecule has 0 bridgehead atoms. The molecule has 1 N–H and O–H groups in total. The van der Waals surface area contributed by atoms with Gasteiger partial charge in [-0.2, -0.15) is 13.2 Å². The van der Waals surface area contributed by atoms with E-state index in [1.807, 2.05) is 17.5 Å². The number of benzene rings is 1. The Bertz CT molecular complexity index is 761. The Hall–Kier alpha value is -2.22. The molecule has 1 aromatic heterocycles. The Morgan fingerprint density at radius 3 is 2.54 bits per heavy atom. The average Bonchev–Trinajstić information content (AvgIpc) is 3.16. The summed E-state index contributed by atoms with van der Waals surface area (Å²) in [4.78, 5) is 13.5. The summed E-state index contributed by atoms with van der Waals surface area (Å²) in [7, 11) is 1.36. The van der Waals surface area contributed by atoms with Crippen LogP contribution >= 0.6 is 11.3 Å². The van der Waals surface area contributed by atoms with Gasteiger partial charge in [0.2, 0.25) is 5.91 Å². The van der Waals surface area contributed by atoms with Crippen molar-refractivity contribution >= 4 is 17.2 Å². The number of ether oxygens (including phenoxy) is 2. The maximum atomic E-state index is 12.4. The van der Waals surface area contributed by atoms with E-state index < -0.39 is 12.8 Å². The highest BCUT2D eigenvalue weighted by molar-refractivity contribution is 7.10. The van der Waals surface area contributed by atoms with Gasteiger partial charge < -0.3 is 14.8 Å². The first kappa shape index (κ1) is 22.1. The Morgan fingerprint density at radius 2 is 1.96 bits per heavy atom. The van der Waals surface area contributed by atoms with Crippen molar-refractivity contribution in [1.82, 2.24) is 5.32 Å². The molecule has 0 spiro atoms. The maximum Gasteiger partial charge on any atom is 0.422 e. The second kappa shape index (κ2) is 9.82. The van der Waals surface area contributed by atoms with Gasteiger partial charge in [-0.25, -0.2) is 0 Å². The summed E-state index contributed by atoms with van der Waals surface area (Å²) >= 11 is 1.60. The van der Waals surface area contributed by atoms with Crippen molar-refractivity contribution in [3.8, 4) is 11.5 Å². The van der Waals surface area contributed by atoms with Crippen molar-refractivity contribution in [2.45, 2.75) is 38.9 Å². The number of halogens is 3. The second-order valence-electron chi connectivity index (χ2n) is 6.69. The van der Waals surface area contributed by atoms with Gasteiger partial charge in [0.05, 0.1) is 13.2 Å². The molecule has 1 heterocycles. The fourth-order valence-electron chi connectivity index (χ4n) is 2.68. The standard InChI is InChI=1S/C20H24F3NO3S/c1-13(2)19(17-5-4-10-28-17)24-18(25)9-7-14-6-8-15(16(11-14)26-3)27-12-20(21,22)23/h4-6,8,10-11,13,19H,7,9,12H2,1-3H3,(H,24,25). The van der Waals surface area contributed by atoms with Gasteiger partial charge >= 0.3 is 6.18 Å². The molecular weight excluding hydrogens is 391 g/mol. The van der Waals surface area contributed by atoms with E-state index in [2.05, 4.69) is 19.2 Å². The van der Waals surface area contributed by atoms with Crippen molar-refractivity contribution in [1.29, 1.82) is 0 Å². The van der Waals surface area contributed by atoms with Gasteiger partial charge in [-0.15, -0.1) is 11.3 Å². The summed E-state index contributed by atoms with van der Waals surface area (Å²) in [6.45, 7) is 2.72. The largest absolute Gasteiger partial charge is 0.493 e. The number of alkyl halides is 3. The van der Waals surface area contributed by atoms with Crippen LogP contribution in [0.2, 0.25) is 0 Å². The molecule has 0 radical (unpaired) electrons. The minimum Gasteiger partial charge on any atom is -0.493 e. The molecule has 154 valence electrons. The van der Waals surface area contributed by atoms with Crippen LogP contribution in [0, 0.1) is 5.92 Å². The number of carbonyl (C=O) groups excluding carboxylic acids is 1.